The summed E-state index contributed by atoms with van der Waals surface area (Å²) >= 11 is 0. The van der Waals surface area contributed by atoms with Crippen LogP contribution in [0, 0.1) is 5.82 Å². The van der Waals surface area contributed by atoms with E-state index < -0.39 is 5.54 Å². The maximum absolute atomic E-state index is 12.8. The van der Waals surface area contributed by atoms with Gasteiger partial charge in [-0.15, -0.1) is 12.4 Å². The fourth-order valence-corrected chi connectivity index (χ4v) is 0.967. The minimum absolute atomic E-state index is 0. The molecule has 0 atom stereocenters. The van der Waals surface area contributed by atoms with Gasteiger partial charge in [0, 0.05) is 5.69 Å². The molecule has 0 bridgehead atoms. The molecule has 0 unspecified atom stereocenters. The van der Waals surface area contributed by atoms with Crippen molar-refractivity contribution in [2.45, 2.75) is 19.4 Å². The molecule has 0 spiro atoms. The predicted octanol–water partition coefficient (Wildman–Crippen LogP) is 2.18. The van der Waals surface area contributed by atoms with Crippen molar-refractivity contribution in [1.29, 1.82) is 0 Å². The summed E-state index contributed by atoms with van der Waals surface area (Å²) in [5.41, 5.74) is -0.213. The second-order valence-corrected chi connectivity index (χ2v) is 3.84. The highest BCUT2D eigenvalue weighted by Crippen LogP contribution is 2.12. The second-order valence-electron chi connectivity index (χ2n) is 3.84. The van der Waals surface area contributed by atoms with E-state index in [2.05, 4.69) is 10.6 Å². The third-order valence-corrected chi connectivity index (χ3v) is 2.28. The lowest BCUT2D eigenvalue weighted by Crippen LogP contribution is -2.47. The molecule has 16 heavy (non-hydrogen) atoms. The number of amides is 1. The van der Waals surface area contributed by atoms with E-state index in [0.29, 0.717) is 5.69 Å². The predicted molar refractivity (Wildman–Crippen MR) is 65.4 cm³/mol. The first-order valence-corrected chi connectivity index (χ1v) is 4.71. The number of likely N-dealkylation sites (N-methyl/N-ethyl adjacent to an activating group) is 1. The Kier molecular flexibility index (Phi) is 5.41. The molecule has 2 N–H and O–H groups in total. The number of carbonyl (C=O) groups is 1. The molecule has 0 saturated heterocycles. The molecule has 0 aromatic heterocycles. The fourth-order valence-electron chi connectivity index (χ4n) is 0.967. The maximum Gasteiger partial charge on any atom is 0.244 e. The van der Waals surface area contributed by atoms with Gasteiger partial charge in [-0.1, -0.05) is 6.07 Å². The highest BCUT2D eigenvalue weighted by Gasteiger charge is 2.24. The van der Waals surface area contributed by atoms with Crippen LogP contribution < -0.4 is 10.6 Å². The van der Waals surface area contributed by atoms with E-state index >= 15 is 0 Å². The number of rotatable bonds is 3. The van der Waals surface area contributed by atoms with Crippen molar-refractivity contribution in [3.05, 3.63) is 30.1 Å². The molecule has 0 heterocycles. The summed E-state index contributed by atoms with van der Waals surface area (Å²) in [6.07, 6.45) is 0. The smallest absolute Gasteiger partial charge is 0.244 e. The SMILES string of the molecule is CNC(C)(C)C(=O)Nc1cccc(F)c1.Cl. The van der Waals surface area contributed by atoms with Gasteiger partial charge < -0.3 is 10.6 Å². The average molecular weight is 247 g/mol. The lowest BCUT2D eigenvalue weighted by atomic mass is 10.1. The standard InChI is InChI=1S/C11H15FN2O.ClH/c1-11(2,13-3)10(15)14-9-6-4-5-8(12)7-9;/h4-7,13H,1-3H3,(H,14,15);1H. The molecule has 0 aliphatic heterocycles. The Hall–Kier alpha value is -1.13. The van der Waals surface area contributed by atoms with Crippen LogP contribution in [0.25, 0.3) is 0 Å². The zero-order chi connectivity index (χ0) is 11.5. The van der Waals surface area contributed by atoms with E-state index in [9.17, 15) is 9.18 Å². The van der Waals surface area contributed by atoms with E-state index in [1.54, 1.807) is 33.0 Å². The zero-order valence-electron chi connectivity index (χ0n) is 9.50. The van der Waals surface area contributed by atoms with Crippen molar-refractivity contribution in [3.8, 4) is 0 Å². The summed E-state index contributed by atoms with van der Waals surface area (Å²) in [5.74, 6) is -0.564. The molecule has 5 heteroatoms. The van der Waals surface area contributed by atoms with Crippen LogP contribution >= 0.6 is 12.4 Å². The van der Waals surface area contributed by atoms with Gasteiger partial charge in [-0.05, 0) is 39.1 Å². The average Bonchev–Trinajstić information content (AvgIpc) is 2.17. The number of halogens is 2. The molecule has 3 nitrogen and oxygen atoms in total. The summed E-state index contributed by atoms with van der Waals surface area (Å²) < 4.78 is 12.8. The molecule has 1 rings (SSSR count). The molecule has 1 aromatic carbocycles. The molecule has 0 fully saturated rings. The van der Waals surface area contributed by atoms with Crippen molar-refractivity contribution in [2.24, 2.45) is 0 Å². The Balaban J connectivity index is 0.00000225. The lowest BCUT2D eigenvalue weighted by Gasteiger charge is -2.22. The molecule has 90 valence electrons. The lowest BCUT2D eigenvalue weighted by molar-refractivity contribution is -0.121. The maximum atomic E-state index is 12.8. The van der Waals surface area contributed by atoms with Gasteiger partial charge in [0.1, 0.15) is 5.82 Å². The largest absolute Gasteiger partial charge is 0.324 e. The van der Waals surface area contributed by atoms with Crippen LogP contribution in [-0.4, -0.2) is 18.5 Å². The van der Waals surface area contributed by atoms with Crippen LogP contribution in [-0.2, 0) is 4.79 Å². The second kappa shape index (κ2) is 5.82. The van der Waals surface area contributed by atoms with Crippen LogP contribution in [0.2, 0.25) is 0 Å². The molecule has 1 aromatic rings. The number of nitrogens with one attached hydrogen (secondary N) is 2. The molecule has 0 aliphatic rings. The molecule has 0 radical (unpaired) electrons. The van der Waals surface area contributed by atoms with Gasteiger partial charge in [-0.3, -0.25) is 4.79 Å². The summed E-state index contributed by atoms with van der Waals surface area (Å²) in [6.45, 7) is 3.50. The van der Waals surface area contributed by atoms with E-state index in [4.69, 9.17) is 0 Å². The number of benzene rings is 1. The van der Waals surface area contributed by atoms with Crippen molar-refractivity contribution in [3.63, 3.8) is 0 Å². The molecule has 0 saturated carbocycles. The summed E-state index contributed by atoms with van der Waals surface area (Å²) in [7, 11) is 1.70. The van der Waals surface area contributed by atoms with Gasteiger partial charge in [-0.25, -0.2) is 4.39 Å². The Labute approximate surface area is 101 Å². The Morgan fingerprint density at radius 3 is 2.50 bits per heavy atom. The van der Waals surface area contributed by atoms with Crippen LogP contribution in [0.1, 0.15) is 13.8 Å². The third-order valence-electron chi connectivity index (χ3n) is 2.28. The number of anilines is 1. The topological polar surface area (TPSA) is 41.1 Å². The molecular weight excluding hydrogens is 231 g/mol. The Bertz CT molecular complexity index is 369. The minimum atomic E-state index is -0.674. The number of carbonyl (C=O) groups excluding carboxylic acids is 1. The minimum Gasteiger partial charge on any atom is -0.324 e. The normalized spacial score (nSPS) is 10.5. The molecule has 1 amide bonds. The van der Waals surface area contributed by atoms with Gasteiger partial charge in [0.2, 0.25) is 5.91 Å². The van der Waals surface area contributed by atoms with Crippen LogP contribution in [0.5, 0.6) is 0 Å². The molecule has 0 aliphatic carbocycles. The van der Waals surface area contributed by atoms with Gasteiger partial charge in [-0.2, -0.15) is 0 Å². The van der Waals surface area contributed by atoms with E-state index in [1.807, 2.05) is 0 Å². The third kappa shape index (κ3) is 3.79. The van der Waals surface area contributed by atoms with Crippen molar-refractivity contribution in [1.82, 2.24) is 5.32 Å². The van der Waals surface area contributed by atoms with Crippen molar-refractivity contribution < 1.29 is 9.18 Å². The van der Waals surface area contributed by atoms with Crippen LogP contribution in [0.15, 0.2) is 24.3 Å². The Morgan fingerprint density at radius 1 is 1.38 bits per heavy atom. The van der Waals surface area contributed by atoms with E-state index in [1.165, 1.54) is 12.1 Å². The number of hydrogen-bond donors (Lipinski definition) is 2. The first-order chi connectivity index (χ1) is 6.95. The zero-order valence-corrected chi connectivity index (χ0v) is 10.3. The summed E-state index contributed by atoms with van der Waals surface area (Å²) in [4.78, 5) is 11.7. The van der Waals surface area contributed by atoms with E-state index in [-0.39, 0.29) is 24.1 Å². The van der Waals surface area contributed by atoms with Crippen LogP contribution in [0.4, 0.5) is 10.1 Å². The summed E-state index contributed by atoms with van der Waals surface area (Å²) in [5, 5.41) is 5.50. The monoisotopic (exact) mass is 246 g/mol. The van der Waals surface area contributed by atoms with Gasteiger partial charge in [0.15, 0.2) is 0 Å². The first-order valence-electron chi connectivity index (χ1n) is 4.71. The van der Waals surface area contributed by atoms with Gasteiger partial charge in [0.25, 0.3) is 0 Å². The number of hydrogen-bond acceptors (Lipinski definition) is 2. The van der Waals surface area contributed by atoms with Crippen molar-refractivity contribution in [2.75, 3.05) is 12.4 Å². The van der Waals surface area contributed by atoms with Gasteiger partial charge in [0.05, 0.1) is 5.54 Å². The fraction of sp³-hybridized carbons (Fsp3) is 0.364. The quantitative estimate of drug-likeness (QED) is 0.859. The highest BCUT2D eigenvalue weighted by atomic mass is 35.5. The van der Waals surface area contributed by atoms with Gasteiger partial charge >= 0.3 is 0 Å². The Morgan fingerprint density at radius 2 is 2.00 bits per heavy atom. The van der Waals surface area contributed by atoms with Crippen LogP contribution in [0.3, 0.4) is 0 Å². The van der Waals surface area contributed by atoms with Crippen molar-refractivity contribution >= 4 is 24.0 Å². The highest BCUT2D eigenvalue weighted by molar-refractivity contribution is 5.97. The van der Waals surface area contributed by atoms with E-state index in [0.717, 1.165) is 0 Å². The molecular formula is C11H16ClFN2O. The summed E-state index contributed by atoms with van der Waals surface area (Å²) in [6, 6.07) is 5.81. The first kappa shape index (κ1) is 14.9.